The second kappa shape index (κ2) is 22.0. The number of hydrogen-bond acceptors (Lipinski definition) is 13. The summed E-state index contributed by atoms with van der Waals surface area (Å²) in [6.45, 7) is 15.4. The first-order valence-corrected chi connectivity index (χ1v) is 23.0. The molecule has 10 rings (SSSR count). The number of carbonyl (C=O) groups excluding carboxylic acids is 1. The summed E-state index contributed by atoms with van der Waals surface area (Å²) in [5, 5.41) is 46.7. The zero-order chi connectivity index (χ0) is 47.0. The number of aromatic nitrogens is 14. The Morgan fingerprint density at radius 1 is 0.603 bits per heavy atom. The number of hydrogen-bond donors (Lipinski definition) is 2. The quantitative estimate of drug-likeness (QED) is 0.152. The van der Waals surface area contributed by atoms with Crippen LogP contribution in [0, 0.1) is 41.5 Å². The number of likely N-dealkylation sites (tertiary alicyclic amines) is 1. The van der Waals surface area contributed by atoms with E-state index in [1.165, 1.54) is 18.5 Å². The van der Waals surface area contributed by atoms with Crippen molar-refractivity contribution in [2.24, 2.45) is 0 Å². The van der Waals surface area contributed by atoms with Crippen molar-refractivity contribution in [1.29, 1.82) is 0 Å². The van der Waals surface area contributed by atoms with E-state index < -0.39 is 5.97 Å². The first-order valence-electron chi connectivity index (χ1n) is 23.0. The van der Waals surface area contributed by atoms with Crippen LogP contribution in [0.25, 0.3) is 22.9 Å². The maximum Gasteiger partial charge on any atom is 0.303 e. The SMILES string of the molecule is C.Cc1nn(-c2ccc3nnc(C)n3n2)c(C)c1CCC(=O)N1CCC(c2ccccn2)CC1.Cc1nn(-c2ccc3nnc(C)n3n2)c(C)c1CCC(=O)O.c1ccc(C2CCNCC2)nc1. The number of fused-ring (bicyclic) bond motifs is 2. The standard InChI is InChI=1S/C24H28N8O.C14H16N6O2.C10H14N2.CH4/c1-16-20(17(2)31(28-16)23-9-8-22-27-26-18(3)32(22)29-23)7-10-24(33)30-14-11-19(12-15-30)21-6-4-5-13-25-21;1-8-11(4-7-14(21)22)9(2)19(17-8)13-6-5-12-16-15-10(3)20(12)18-13;1-2-6-12-10(3-1)9-4-7-11-8-5-9;/h4-6,8-9,13,19H,7,10-12,14-15H2,1-3H3;5-6H,4,7H2,1-3H3,(H,21,22);1-3,6,9,11H,4-5,7-8H2;1H4. The molecule has 0 radical (unpaired) electrons. The third-order valence-electron chi connectivity index (χ3n) is 12.7. The van der Waals surface area contributed by atoms with Crippen molar-refractivity contribution in [3.8, 4) is 11.6 Å². The second-order valence-electron chi connectivity index (χ2n) is 17.1. The van der Waals surface area contributed by atoms with Gasteiger partial charge in [0.25, 0.3) is 0 Å². The lowest BCUT2D eigenvalue weighted by atomic mass is 9.93. The fourth-order valence-electron chi connectivity index (χ4n) is 8.92. The summed E-state index contributed by atoms with van der Waals surface area (Å²) in [6, 6.07) is 19.7. The van der Waals surface area contributed by atoms with Gasteiger partial charge in [-0.3, -0.25) is 19.6 Å². The van der Waals surface area contributed by atoms with E-state index in [0.717, 1.165) is 84.4 Å². The van der Waals surface area contributed by atoms with Crippen LogP contribution in [0.4, 0.5) is 0 Å². The van der Waals surface area contributed by atoms with Crippen LogP contribution < -0.4 is 5.32 Å². The highest BCUT2D eigenvalue weighted by Gasteiger charge is 2.25. The molecule has 0 spiro atoms. The molecule has 0 unspecified atom stereocenters. The van der Waals surface area contributed by atoms with E-state index in [9.17, 15) is 9.59 Å². The molecule has 68 heavy (non-hydrogen) atoms. The van der Waals surface area contributed by atoms with E-state index in [4.69, 9.17) is 10.2 Å². The minimum absolute atomic E-state index is 0. The fourth-order valence-corrected chi connectivity index (χ4v) is 8.92. The van der Waals surface area contributed by atoms with Gasteiger partial charge in [-0.25, -0.2) is 9.36 Å². The number of aryl methyl sites for hydroxylation is 4. The van der Waals surface area contributed by atoms with Gasteiger partial charge in [-0.2, -0.15) is 19.2 Å². The van der Waals surface area contributed by atoms with E-state index in [1.54, 1.807) is 13.7 Å². The van der Waals surface area contributed by atoms with Crippen LogP contribution in [-0.4, -0.2) is 117 Å². The minimum atomic E-state index is -0.814. The average molecular weight is 923 g/mol. The molecule has 19 heteroatoms. The molecule has 10 heterocycles. The maximum atomic E-state index is 12.9. The molecule has 0 bridgehead atoms. The fraction of sp³-hybridized carbons (Fsp3) is 0.429. The van der Waals surface area contributed by atoms with E-state index in [1.807, 2.05) is 106 Å². The van der Waals surface area contributed by atoms with Gasteiger partial charge in [-0.1, -0.05) is 19.6 Å². The third kappa shape index (κ3) is 11.1. The number of nitrogens with one attached hydrogen (secondary N) is 1. The van der Waals surface area contributed by atoms with Gasteiger partial charge in [0.1, 0.15) is 0 Å². The van der Waals surface area contributed by atoms with Gasteiger partial charge in [0.2, 0.25) is 5.91 Å². The summed E-state index contributed by atoms with van der Waals surface area (Å²) in [6.07, 6.45) is 9.84. The zero-order valence-corrected chi connectivity index (χ0v) is 39.0. The highest BCUT2D eigenvalue weighted by atomic mass is 16.4. The number of piperidine rings is 2. The average Bonchev–Trinajstić information content (AvgIpc) is 4.09. The van der Waals surface area contributed by atoms with Crippen LogP contribution in [-0.2, 0) is 22.4 Å². The monoisotopic (exact) mass is 923 g/mol. The molecule has 19 nitrogen and oxygen atoms in total. The summed E-state index contributed by atoms with van der Waals surface area (Å²) in [7, 11) is 0. The van der Waals surface area contributed by atoms with Gasteiger partial charge in [0.05, 0.1) is 11.4 Å². The number of amides is 1. The molecular formula is C49H62N16O3. The van der Waals surface area contributed by atoms with Crippen LogP contribution in [0.5, 0.6) is 0 Å². The first kappa shape index (κ1) is 48.6. The van der Waals surface area contributed by atoms with Crippen molar-refractivity contribution in [3.63, 3.8) is 0 Å². The van der Waals surface area contributed by atoms with Crippen molar-refractivity contribution in [3.05, 3.63) is 130 Å². The molecule has 0 saturated carbocycles. The van der Waals surface area contributed by atoms with Gasteiger partial charge in [-0.05, 0) is 153 Å². The summed E-state index contributed by atoms with van der Waals surface area (Å²) in [5.74, 6) is 3.31. The molecule has 1 amide bonds. The molecule has 2 aliphatic rings. The number of carbonyl (C=O) groups is 2. The lowest BCUT2D eigenvalue weighted by molar-refractivity contribution is -0.137. The Morgan fingerprint density at radius 2 is 1.07 bits per heavy atom. The Morgan fingerprint density at radius 3 is 1.53 bits per heavy atom. The van der Waals surface area contributed by atoms with Crippen molar-refractivity contribution in [1.82, 2.24) is 79.4 Å². The second-order valence-corrected chi connectivity index (χ2v) is 17.1. The highest BCUT2D eigenvalue weighted by molar-refractivity contribution is 5.76. The molecule has 8 aromatic rings. The molecule has 8 aromatic heterocycles. The van der Waals surface area contributed by atoms with E-state index in [-0.39, 0.29) is 19.8 Å². The summed E-state index contributed by atoms with van der Waals surface area (Å²) in [4.78, 5) is 34.6. The van der Waals surface area contributed by atoms with Crippen LogP contribution in [0.15, 0.2) is 73.1 Å². The summed E-state index contributed by atoms with van der Waals surface area (Å²) >= 11 is 0. The van der Waals surface area contributed by atoms with E-state index >= 15 is 0 Å². The van der Waals surface area contributed by atoms with Crippen molar-refractivity contribution in [2.45, 2.75) is 112 Å². The number of carboxylic acid groups (broad SMARTS) is 1. The number of rotatable bonds is 10. The smallest absolute Gasteiger partial charge is 0.303 e. The maximum absolute atomic E-state index is 12.9. The number of carboxylic acids is 1. The van der Waals surface area contributed by atoms with Gasteiger partial charge in [0, 0.05) is 72.9 Å². The Labute approximate surface area is 396 Å². The van der Waals surface area contributed by atoms with Crippen molar-refractivity contribution in [2.75, 3.05) is 26.2 Å². The Hall–Kier alpha value is -7.28. The molecule has 2 fully saturated rings. The van der Waals surface area contributed by atoms with Crippen LogP contribution in [0.3, 0.4) is 0 Å². The predicted molar refractivity (Wildman–Crippen MR) is 257 cm³/mol. The topological polar surface area (TPSA) is 217 Å². The molecular weight excluding hydrogens is 861 g/mol. The van der Waals surface area contributed by atoms with Gasteiger partial charge >= 0.3 is 5.97 Å². The molecule has 2 aliphatic heterocycles. The first-order chi connectivity index (χ1) is 32.4. The lowest BCUT2D eigenvalue weighted by Gasteiger charge is -2.31. The molecule has 2 N–H and O–H groups in total. The Kier molecular flexibility index (Phi) is 15.7. The normalized spacial score (nSPS) is 14.2. The van der Waals surface area contributed by atoms with Gasteiger partial charge in [0.15, 0.2) is 34.6 Å². The predicted octanol–water partition coefficient (Wildman–Crippen LogP) is 6.41. The molecule has 2 saturated heterocycles. The van der Waals surface area contributed by atoms with Crippen LogP contribution in [0.2, 0.25) is 0 Å². The van der Waals surface area contributed by atoms with E-state index in [2.05, 4.69) is 69.2 Å². The zero-order valence-electron chi connectivity index (χ0n) is 39.0. The summed E-state index contributed by atoms with van der Waals surface area (Å²) < 4.78 is 6.93. The van der Waals surface area contributed by atoms with Crippen LogP contribution >= 0.6 is 0 Å². The van der Waals surface area contributed by atoms with E-state index in [0.29, 0.717) is 59.9 Å². The number of pyridine rings is 2. The Bertz CT molecular complexity index is 2940. The lowest BCUT2D eigenvalue weighted by Crippen LogP contribution is -2.38. The van der Waals surface area contributed by atoms with Crippen LogP contribution in [0.1, 0.15) is 115 Å². The molecule has 0 atom stereocenters. The number of aliphatic carboxylic acids is 1. The third-order valence-corrected chi connectivity index (χ3v) is 12.7. The highest BCUT2D eigenvalue weighted by Crippen LogP contribution is 2.28. The molecule has 0 aliphatic carbocycles. The van der Waals surface area contributed by atoms with Crippen molar-refractivity contribution >= 4 is 23.2 Å². The van der Waals surface area contributed by atoms with Gasteiger partial charge in [-0.15, -0.1) is 30.6 Å². The summed E-state index contributed by atoms with van der Waals surface area (Å²) in [5.41, 5.74) is 9.49. The molecule has 0 aromatic carbocycles. The number of nitrogens with zero attached hydrogens (tertiary/aromatic N) is 15. The van der Waals surface area contributed by atoms with Crippen molar-refractivity contribution < 1.29 is 14.7 Å². The Balaban J connectivity index is 0.000000168. The van der Waals surface area contributed by atoms with Gasteiger partial charge < -0.3 is 15.3 Å². The minimum Gasteiger partial charge on any atom is -0.481 e. The largest absolute Gasteiger partial charge is 0.481 e. The molecule has 356 valence electrons.